The summed E-state index contributed by atoms with van der Waals surface area (Å²) in [6.07, 6.45) is 1.31. The quantitative estimate of drug-likeness (QED) is 0.888. The van der Waals surface area contributed by atoms with Crippen LogP contribution in [0.25, 0.3) is 11.3 Å². The van der Waals surface area contributed by atoms with Crippen molar-refractivity contribution >= 4 is 17.6 Å². The second-order valence-corrected chi connectivity index (χ2v) is 3.93. The normalized spacial score (nSPS) is 10.2. The van der Waals surface area contributed by atoms with Gasteiger partial charge in [0.25, 0.3) is 0 Å². The van der Waals surface area contributed by atoms with Gasteiger partial charge in [-0.05, 0) is 19.1 Å². The predicted octanol–water partition coefficient (Wildman–Crippen LogP) is 2.80. The summed E-state index contributed by atoms with van der Waals surface area (Å²) in [6, 6.07) is 6.91. The van der Waals surface area contributed by atoms with Gasteiger partial charge in [-0.1, -0.05) is 23.7 Å². The summed E-state index contributed by atoms with van der Waals surface area (Å²) in [5.41, 5.74) is 1.12. The summed E-state index contributed by atoms with van der Waals surface area (Å²) in [5.74, 6) is -0.537. The first-order valence-electron chi connectivity index (χ1n) is 4.91. The van der Waals surface area contributed by atoms with Crippen LogP contribution in [0.4, 0.5) is 0 Å². The third kappa shape index (κ3) is 2.42. The number of aromatic nitrogens is 2. The molecule has 2 rings (SSSR count). The standard InChI is InChI=1S/C12H9ClN2O2/c1-7-14-6-10(12(16)17)11(15-7)8-3-2-4-9(13)5-8/h2-6H,1H3,(H,16,17). The number of rotatable bonds is 2. The fraction of sp³-hybridized carbons (Fsp3) is 0.0833. The van der Waals surface area contributed by atoms with Gasteiger partial charge in [0.15, 0.2) is 0 Å². The van der Waals surface area contributed by atoms with Crippen LogP contribution < -0.4 is 0 Å². The first-order chi connectivity index (χ1) is 8.08. The van der Waals surface area contributed by atoms with E-state index in [0.29, 0.717) is 22.1 Å². The zero-order valence-corrected chi connectivity index (χ0v) is 9.77. The van der Waals surface area contributed by atoms with E-state index in [-0.39, 0.29) is 5.56 Å². The maximum atomic E-state index is 11.1. The number of carboxylic acid groups (broad SMARTS) is 1. The van der Waals surface area contributed by atoms with Crippen molar-refractivity contribution in [3.8, 4) is 11.3 Å². The molecule has 0 saturated carbocycles. The van der Waals surface area contributed by atoms with Gasteiger partial charge >= 0.3 is 5.97 Å². The molecule has 86 valence electrons. The van der Waals surface area contributed by atoms with E-state index in [9.17, 15) is 4.79 Å². The van der Waals surface area contributed by atoms with Gasteiger partial charge in [-0.25, -0.2) is 14.8 Å². The van der Waals surface area contributed by atoms with E-state index in [4.69, 9.17) is 16.7 Å². The lowest BCUT2D eigenvalue weighted by Gasteiger charge is -2.06. The SMILES string of the molecule is Cc1ncc(C(=O)O)c(-c2cccc(Cl)c2)n1. The Bertz CT molecular complexity index is 584. The van der Waals surface area contributed by atoms with E-state index in [0.717, 1.165) is 0 Å². The number of aryl methyl sites for hydroxylation is 1. The highest BCUT2D eigenvalue weighted by atomic mass is 35.5. The molecule has 0 aliphatic carbocycles. The first kappa shape index (κ1) is 11.5. The molecule has 17 heavy (non-hydrogen) atoms. The Kier molecular flexibility index (Phi) is 3.06. The van der Waals surface area contributed by atoms with Crippen LogP contribution in [-0.2, 0) is 0 Å². The zero-order valence-electron chi connectivity index (χ0n) is 9.01. The first-order valence-corrected chi connectivity index (χ1v) is 5.28. The van der Waals surface area contributed by atoms with E-state index >= 15 is 0 Å². The number of benzene rings is 1. The molecule has 0 aliphatic heterocycles. The van der Waals surface area contributed by atoms with Gasteiger partial charge in [-0.3, -0.25) is 0 Å². The third-order valence-corrected chi connectivity index (χ3v) is 2.47. The second kappa shape index (κ2) is 4.51. The molecule has 0 unspecified atom stereocenters. The van der Waals surface area contributed by atoms with Gasteiger partial charge in [0, 0.05) is 16.8 Å². The summed E-state index contributed by atoms with van der Waals surface area (Å²) in [4.78, 5) is 19.1. The van der Waals surface area contributed by atoms with Gasteiger partial charge in [-0.2, -0.15) is 0 Å². The molecule has 0 aliphatic rings. The van der Waals surface area contributed by atoms with Gasteiger partial charge in [0.05, 0.1) is 5.69 Å². The molecule has 4 nitrogen and oxygen atoms in total. The van der Waals surface area contributed by atoms with E-state index in [1.807, 2.05) is 0 Å². The highest BCUT2D eigenvalue weighted by Crippen LogP contribution is 2.24. The van der Waals surface area contributed by atoms with Crippen LogP contribution in [0.1, 0.15) is 16.2 Å². The number of halogens is 1. The van der Waals surface area contributed by atoms with Crippen LogP contribution in [0, 0.1) is 6.92 Å². The Morgan fingerprint density at radius 1 is 1.41 bits per heavy atom. The van der Waals surface area contributed by atoms with Gasteiger partial charge in [0.1, 0.15) is 11.4 Å². The molecule has 1 N–H and O–H groups in total. The van der Waals surface area contributed by atoms with E-state index in [1.54, 1.807) is 31.2 Å². The van der Waals surface area contributed by atoms with Gasteiger partial charge in [-0.15, -0.1) is 0 Å². The van der Waals surface area contributed by atoms with E-state index in [1.165, 1.54) is 6.20 Å². The minimum absolute atomic E-state index is 0.0675. The predicted molar refractivity (Wildman–Crippen MR) is 64.2 cm³/mol. The highest BCUT2D eigenvalue weighted by molar-refractivity contribution is 6.30. The Morgan fingerprint density at radius 2 is 2.18 bits per heavy atom. The van der Waals surface area contributed by atoms with Crippen molar-refractivity contribution in [1.29, 1.82) is 0 Å². The topological polar surface area (TPSA) is 63.1 Å². The van der Waals surface area contributed by atoms with E-state index in [2.05, 4.69) is 9.97 Å². The van der Waals surface area contributed by atoms with Crippen LogP contribution in [-0.4, -0.2) is 21.0 Å². The zero-order chi connectivity index (χ0) is 12.4. The average Bonchev–Trinajstić information content (AvgIpc) is 2.28. The van der Waals surface area contributed by atoms with Crippen molar-refractivity contribution in [3.05, 3.63) is 46.9 Å². The number of hydrogen-bond acceptors (Lipinski definition) is 3. The van der Waals surface area contributed by atoms with Crippen molar-refractivity contribution in [2.75, 3.05) is 0 Å². The summed E-state index contributed by atoms with van der Waals surface area (Å²) < 4.78 is 0. The summed E-state index contributed by atoms with van der Waals surface area (Å²) >= 11 is 5.88. The number of hydrogen-bond donors (Lipinski definition) is 1. The fourth-order valence-corrected chi connectivity index (χ4v) is 1.67. The maximum Gasteiger partial charge on any atom is 0.339 e. The molecule has 2 aromatic rings. The highest BCUT2D eigenvalue weighted by Gasteiger charge is 2.14. The minimum atomic E-state index is -1.06. The summed E-state index contributed by atoms with van der Waals surface area (Å²) in [7, 11) is 0. The lowest BCUT2D eigenvalue weighted by molar-refractivity contribution is 0.0697. The number of carbonyl (C=O) groups is 1. The van der Waals surface area contributed by atoms with Crippen molar-refractivity contribution < 1.29 is 9.90 Å². The average molecular weight is 249 g/mol. The smallest absolute Gasteiger partial charge is 0.339 e. The second-order valence-electron chi connectivity index (χ2n) is 3.49. The molecule has 1 aromatic carbocycles. The molecule has 5 heteroatoms. The Balaban J connectivity index is 2.65. The number of carboxylic acids is 1. The lowest BCUT2D eigenvalue weighted by Crippen LogP contribution is -2.04. The van der Waals surface area contributed by atoms with Crippen LogP contribution in [0.3, 0.4) is 0 Å². The summed E-state index contributed by atoms with van der Waals surface area (Å²) in [6.45, 7) is 1.71. The Morgan fingerprint density at radius 3 is 2.82 bits per heavy atom. The third-order valence-electron chi connectivity index (χ3n) is 2.24. The van der Waals surface area contributed by atoms with Crippen LogP contribution in [0.2, 0.25) is 5.02 Å². The molecule has 0 radical (unpaired) electrons. The monoisotopic (exact) mass is 248 g/mol. The molecular weight excluding hydrogens is 240 g/mol. The van der Waals surface area contributed by atoms with Gasteiger partial charge in [0.2, 0.25) is 0 Å². The van der Waals surface area contributed by atoms with Crippen molar-refractivity contribution in [2.24, 2.45) is 0 Å². The molecule has 0 amide bonds. The Hall–Kier alpha value is -1.94. The van der Waals surface area contributed by atoms with Gasteiger partial charge < -0.3 is 5.11 Å². The molecule has 1 aromatic heterocycles. The molecule has 0 atom stereocenters. The van der Waals surface area contributed by atoms with Crippen molar-refractivity contribution in [3.63, 3.8) is 0 Å². The van der Waals surface area contributed by atoms with E-state index < -0.39 is 5.97 Å². The fourth-order valence-electron chi connectivity index (χ4n) is 1.48. The molecule has 0 saturated heterocycles. The molecule has 0 spiro atoms. The number of nitrogens with zero attached hydrogens (tertiary/aromatic N) is 2. The van der Waals surface area contributed by atoms with Crippen LogP contribution in [0.5, 0.6) is 0 Å². The van der Waals surface area contributed by atoms with Crippen molar-refractivity contribution in [1.82, 2.24) is 9.97 Å². The largest absolute Gasteiger partial charge is 0.478 e. The summed E-state index contributed by atoms with van der Waals surface area (Å²) in [5, 5.41) is 9.61. The van der Waals surface area contributed by atoms with Crippen LogP contribution >= 0.6 is 11.6 Å². The van der Waals surface area contributed by atoms with Crippen molar-refractivity contribution in [2.45, 2.75) is 6.92 Å². The molecular formula is C12H9ClN2O2. The number of aromatic carboxylic acids is 1. The Labute approximate surface area is 103 Å². The molecule has 0 bridgehead atoms. The molecule has 0 fully saturated rings. The maximum absolute atomic E-state index is 11.1. The van der Waals surface area contributed by atoms with Crippen LogP contribution in [0.15, 0.2) is 30.5 Å². The minimum Gasteiger partial charge on any atom is -0.478 e. The lowest BCUT2D eigenvalue weighted by atomic mass is 10.1. The molecule has 1 heterocycles.